The summed E-state index contributed by atoms with van der Waals surface area (Å²) in [5, 5.41) is 23.9. The molecule has 1 aromatic heterocycles. The predicted molar refractivity (Wildman–Crippen MR) is 168 cm³/mol. The van der Waals surface area contributed by atoms with Crippen LogP contribution in [0.4, 0.5) is 29.2 Å². The number of aromatic hydroxyl groups is 1. The van der Waals surface area contributed by atoms with E-state index in [1.165, 1.54) is 12.5 Å². The van der Waals surface area contributed by atoms with E-state index in [0.29, 0.717) is 39.8 Å². The molecule has 0 radical (unpaired) electrons. The first kappa shape index (κ1) is 32.8. The smallest absolute Gasteiger partial charge is 0.255 e. The molecule has 2 aliphatic heterocycles. The van der Waals surface area contributed by atoms with Crippen molar-refractivity contribution in [2.75, 3.05) is 47.0 Å². The van der Waals surface area contributed by atoms with Crippen LogP contribution >= 0.6 is 24.0 Å². The first-order valence-corrected chi connectivity index (χ1v) is 13.1. The molecule has 2 fully saturated rings. The number of carbonyl (C=O) groups excluding carboxylic acids is 1. The molecule has 2 saturated heterocycles. The van der Waals surface area contributed by atoms with Gasteiger partial charge < -0.3 is 43.6 Å². The Hall–Kier alpha value is -3.42. The number of benzene rings is 2. The number of piperidine rings is 2. The number of phenolic OH excluding ortho intramolecular Hbond substituents is 1. The zero-order chi connectivity index (χ0) is 25.6. The minimum atomic E-state index is -0.343. The lowest BCUT2D eigenvalue weighted by Gasteiger charge is -2.28. The summed E-state index contributed by atoms with van der Waals surface area (Å²) in [7, 11) is 0. The minimum Gasteiger partial charge on any atom is -0.506 e. The molecular weight excluding hydrogens is 555 g/mol. The molecule has 0 bridgehead atoms. The molecule has 40 heavy (non-hydrogen) atoms. The number of aromatic nitrogens is 3. The molecule has 3 heterocycles. The molecule has 1 unspecified atom stereocenters. The third kappa shape index (κ3) is 8.54. The number of anilines is 5. The number of halogens is 2. The van der Waals surface area contributed by atoms with Gasteiger partial charge in [-0.25, -0.2) is 0 Å². The molecule has 5 rings (SSSR count). The van der Waals surface area contributed by atoms with Crippen LogP contribution in [-0.2, 0) is 0 Å². The molecule has 0 aliphatic carbocycles. The van der Waals surface area contributed by atoms with Gasteiger partial charge in [0.25, 0.3) is 5.91 Å². The molecular formula is C26H42Cl2N10O2. The van der Waals surface area contributed by atoms with E-state index < -0.39 is 0 Å². The maximum atomic E-state index is 12.5. The van der Waals surface area contributed by atoms with E-state index in [2.05, 4.69) is 36.1 Å². The predicted octanol–water partition coefficient (Wildman–Crippen LogP) is 5.62. The van der Waals surface area contributed by atoms with Gasteiger partial charge in [0.1, 0.15) is 5.75 Å². The quantitative estimate of drug-likeness (QED) is 0.167. The van der Waals surface area contributed by atoms with Gasteiger partial charge >= 0.3 is 0 Å². The van der Waals surface area contributed by atoms with Crippen LogP contribution in [0.3, 0.4) is 0 Å². The number of rotatable bonds is 7. The van der Waals surface area contributed by atoms with Crippen LogP contribution in [0.15, 0.2) is 42.5 Å². The summed E-state index contributed by atoms with van der Waals surface area (Å²) >= 11 is 5.90. The normalized spacial score (nSPS) is 16.4. The maximum Gasteiger partial charge on any atom is 0.255 e. The van der Waals surface area contributed by atoms with E-state index in [4.69, 9.17) is 16.6 Å². The van der Waals surface area contributed by atoms with E-state index in [1.54, 1.807) is 36.4 Å². The summed E-state index contributed by atoms with van der Waals surface area (Å²) < 4.78 is 0. The van der Waals surface area contributed by atoms with Crippen molar-refractivity contribution in [3.8, 4) is 5.75 Å². The Labute approximate surface area is 248 Å². The fraction of sp³-hybridized carbons (Fsp3) is 0.385. The maximum absolute atomic E-state index is 12.5. The van der Waals surface area contributed by atoms with E-state index in [-0.39, 0.29) is 45.3 Å². The molecule has 2 aromatic carbocycles. The average Bonchev–Trinajstić information content (AvgIpc) is 2.91. The Bertz CT molecular complexity index is 1250. The monoisotopic (exact) mass is 596 g/mol. The van der Waals surface area contributed by atoms with Crippen molar-refractivity contribution in [3.05, 3.63) is 53.1 Å². The fourth-order valence-corrected chi connectivity index (χ4v) is 4.64. The summed E-state index contributed by atoms with van der Waals surface area (Å²) in [6, 6.07) is 11.7. The highest BCUT2D eigenvalue weighted by molar-refractivity contribution is 6.30. The highest BCUT2D eigenvalue weighted by Crippen LogP contribution is 2.29. The Morgan fingerprint density at radius 1 is 1.00 bits per heavy atom. The lowest BCUT2D eigenvalue weighted by atomic mass is 10.1. The van der Waals surface area contributed by atoms with Gasteiger partial charge in [-0.3, -0.25) is 4.79 Å². The van der Waals surface area contributed by atoms with Crippen LogP contribution in [0.1, 0.15) is 45.3 Å². The van der Waals surface area contributed by atoms with Gasteiger partial charge in [0.15, 0.2) is 0 Å². The first-order chi connectivity index (χ1) is 18.0. The molecule has 1 amide bonds. The van der Waals surface area contributed by atoms with Crippen LogP contribution < -0.4 is 38.5 Å². The number of carbonyl (C=O) groups is 1. The molecule has 12 nitrogen and oxygen atoms in total. The van der Waals surface area contributed by atoms with E-state index in [9.17, 15) is 9.90 Å². The summed E-state index contributed by atoms with van der Waals surface area (Å²) in [6.07, 6.45) is 5.60. The molecule has 3 aromatic rings. The minimum absolute atomic E-state index is 0. The number of nitrogens with zero attached hydrogens (tertiary/aromatic N) is 4. The standard InChI is InChI=1S/C26H31ClN8O2.ClH.2H3N.2H2/c27-18-8-6-17(7-9-18)23(37)31-21-11-10-19(15-22(21)36)29-24-32-25(30-20-5-4-12-28-16-20)34-26(33-24)35-13-2-1-3-14-35;;;;;/h6-11,15,20,28,36H,1-5,12-14,16H2,(H,31,37)(H2,29,30,32,33,34);1H;2*1H3;2*1H. The number of nitrogens with one attached hydrogen (secondary N) is 4. The average molecular weight is 598 g/mol. The van der Waals surface area contributed by atoms with Crippen molar-refractivity contribution in [3.63, 3.8) is 0 Å². The Balaban J connectivity index is 0.00000336. The lowest BCUT2D eigenvalue weighted by molar-refractivity contribution is 0.102. The van der Waals surface area contributed by atoms with Crippen molar-refractivity contribution in [2.45, 2.75) is 38.1 Å². The van der Waals surface area contributed by atoms with Gasteiger partial charge in [-0.1, -0.05) is 11.6 Å². The lowest BCUT2D eigenvalue weighted by Crippen LogP contribution is -2.39. The number of hydrogen-bond donors (Lipinski definition) is 7. The van der Waals surface area contributed by atoms with Gasteiger partial charge in [-0.05, 0) is 75.0 Å². The van der Waals surface area contributed by atoms with Gasteiger partial charge in [0, 0.05) is 50.9 Å². The van der Waals surface area contributed by atoms with Crippen LogP contribution in [0.2, 0.25) is 5.02 Å². The zero-order valence-corrected chi connectivity index (χ0v) is 23.9. The van der Waals surface area contributed by atoms with Gasteiger partial charge in [0.2, 0.25) is 17.8 Å². The van der Waals surface area contributed by atoms with Crippen LogP contribution in [-0.4, -0.2) is 58.2 Å². The second kappa shape index (κ2) is 15.4. The van der Waals surface area contributed by atoms with E-state index in [1.807, 2.05) is 0 Å². The molecule has 0 spiro atoms. The summed E-state index contributed by atoms with van der Waals surface area (Å²) in [6.45, 7) is 3.72. The van der Waals surface area contributed by atoms with Crippen molar-refractivity contribution in [1.29, 1.82) is 0 Å². The highest BCUT2D eigenvalue weighted by atomic mass is 35.5. The number of amides is 1. The van der Waals surface area contributed by atoms with Gasteiger partial charge in [-0.15, -0.1) is 12.4 Å². The molecule has 14 heteroatoms. The number of phenols is 1. The largest absolute Gasteiger partial charge is 0.506 e. The van der Waals surface area contributed by atoms with Crippen molar-refractivity contribution < 1.29 is 12.8 Å². The van der Waals surface area contributed by atoms with E-state index in [0.717, 1.165) is 51.9 Å². The summed E-state index contributed by atoms with van der Waals surface area (Å²) in [5.41, 5.74) is 1.32. The molecule has 0 saturated carbocycles. The third-order valence-corrected chi connectivity index (χ3v) is 6.75. The zero-order valence-electron chi connectivity index (χ0n) is 22.3. The summed E-state index contributed by atoms with van der Waals surface area (Å²) in [4.78, 5) is 28.7. The molecule has 2 aliphatic rings. The van der Waals surface area contributed by atoms with Gasteiger partial charge in [-0.2, -0.15) is 15.0 Å². The van der Waals surface area contributed by atoms with Crippen LogP contribution in [0.25, 0.3) is 0 Å². The molecule has 11 N–H and O–H groups in total. The third-order valence-electron chi connectivity index (χ3n) is 6.50. The highest BCUT2D eigenvalue weighted by Gasteiger charge is 2.19. The topological polar surface area (TPSA) is 197 Å². The summed E-state index contributed by atoms with van der Waals surface area (Å²) in [5.74, 6) is 1.13. The van der Waals surface area contributed by atoms with Gasteiger partial charge in [0.05, 0.1) is 5.69 Å². The second-order valence-electron chi connectivity index (χ2n) is 9.34. The Morgan fingerprint density at radius 3 is 2.40 bits per heavy atom. The Morgan fingerprint density at radius 2 is 1.73 bits per heavy atom. The SMILES string of the molecule is Cl.N.N.O=C(Nc1ccc(Nc2nc(NC3CCCNC3)nc(N3CCCCC3)n2)cc1O)c1ccc(Cl)cc1.[HH].[HH]. The van der Waals surface area contributed by atoms with E-state index >= 15 is 0 Å². The van der Waals surface area contributed by atoms with Crippen LogP contribution in [0.5, 0.6) is 5.75 Å². The van der Waals surface area contributed by atoms with Crippen molar-refractivity contribution in [1.82, 2.24) is 32.6 Å². The number of hydrogen-bond acceptors (Lipinski definition) is 11. The molecule has 1 atom stereocenters. The van der Waals surface area contributed by atoms with Crippen LogP contribution in [0, 0.1) is 0 Å². The Kier molecular flexibility index (Phi) is 12.6. The van der Waals surface area contributed by atoms with Crippen molar-refractivity contribution in [2.24, 2.45) is 0 Å². The molecule has 222 valence electrons. The second-order valence-corrected chi connectivity index (χ2v) is 9.77. The fourth-order valence-electron chi connectivity index (χ4n) is 4.52. The van der Waals surface area contributed by atoms with Crippen molar-refractivity contribution >= 4 is 59.1 Å². The first-order valence-electron chi connectivity index (χ1n) is 12.7.